The van der Waals surface area contributed by atoms with E-state index in [-0.39, 0.29) is 17.1 Å². The highest BCUT2D eigenvalue weighted by atomic mass is 32.1. The van der Waals surface area contributed by atoms with Crippen molar-refractivity contribution in [2.75, 3.05) is 33.4 Å². The predicted molar refractivity (Wildman–Crippen MR) is 101 cm³/mol. The minimum Gasteiger partial charge on any atom is -0.740 e. The molecule has 0 bridgehead atoms. The van der Waals surface area contributed by atoms with Crippen molar-refractivity contribution in [3.63, 3.8) is 0 Å². The van der Waals surface area contributed by atoms with Crippen LogP contribution in [0.3, 0.4) is 0 Å². The average molecular weight is 375 g/mol. The van der Waals surface area contributed by atoms with E-state index in [2.05, 4.69) is 10.2 Å². The maximum Gasteiger partial charge on any atom is 0.219 e. The first kappa shape index (κ1) is 18.8. The minimum absolute atomic E-state index is 0.0205. The van der Waals surface area contributed by atoms with Gasteiger partial charge in [0.25, 0.3) is 0 Å². The number of carbonyl (C=O) groups excluding carboxylic acids is 2. The summed E-state index contributed by atoms with van der Waals surface area (Å²) in [7, 11) is 1.62. The molecule has 1 N–H and O–H groups in total. The van der Waals surface area contributed by atoms with Crippen LogP contribution in [0.5, 0.6) is 5.75 Å². The van der Waals surface area contributed by atoms with E-state index in [9.17, 15) is 9.59 Å². The molecule has 6 nitrogen and oxygen atoms in total. The molecule has 2 aliphatic rings. The molecule has 3 rings (SSSR count). The molecule has 26 heavy (non-hydrogen) atoms. The first-order chi connectivity index (χ1) is 12.6. The highest BCUT2D eigenvalue weighted by Gasteiger charge is 2.31. The first-order valence-electron chi connectivity index (χ1n) is 8.78. The lowest BCUT2D eigenvalue weighted by atomic mass is 9.98. The molecule has 1 amide bonds. The molecule has 140 valence electrons. The molecule has 2 atom stereocenters. The number of rotatable bonds is 6. The Labute approximate surface area is 158 Å². The van der Waals surface area contributed by atoms with E-state index < -0.39 is 6.04 Å². The van der Waals surface area contributed by atoms with Gasteiger partial charge in [0.05, 0.1) is 19.3 Å². The van der Waals surface area contributed by atoms with Crippen LogP contribution >= 0.6 is 0 Å². The Morgan fingerprint density at radius 3 is 3.04 bits per heavy atom. The van der Waals surface area contributed by atoms with Crippen LogP contribution < -0.4 is 10.1 Å². The zero-order valence-corrected chi connectivity index (χ0v) is 15.6. The van der Waals surface area contributed by atoms with Gasteiger partial charge in [-0.1, -0.05) is 12.1 Å². The van der Waals surface area contributed by atoms with Gasteiger partial charge in [0.15, 0.2) is 0 Å². The van der Waals surface area contributed by atoms with E-state index in [0.717, 1.165) is 16.9 Å². The highest BCUT2D eigenvalue weighted by molar-refractivity contribution is 7.77. The second-order valence-electron chi connectivity index (χ2n) is 6.41. The van der Waals surface area contributed by atoms with Crippen LogP contribution in [0.25, 0.3) is 6.08 Å². The van der Waals surface area contributed by atoms with Crippen molar-refractivity contribution in [3.05, 3.63) is 35.4 Å². The molecule has 7 heteroatoms. The number of nitrogens with one attached hydrogen (secondary N) is 1. The number of morpholine rings is 1. The van der Waals surface area contributed by atoms with E-state index in [1.165, 1.54) is 0 Å². The van der Waals surface area contributed by atoms with Crippen molar-refractivity contribution in [2.24, 2.45) is 0 Å². The van der Waals surface area contributed by atoms with Gasteiger partial charge in [-0.05, 0) is 30.2 Å². The smallest absolute Gasteiger partial charge is 0.219 e. The summed E-state index contributed by atoms with van der Waals surface area (Å²) in [5, 5.41) is 2.31. The summed E-state index contributed by atoms with van der Waals surface area (Å²) in [5.41, 5.74) is 1.80. The molecule has 0 saturated carbocycles. The Kier molecular flexibility index (Phi) is 6.24. The van der Waals surface area contributed by atoms with Crippen LogP contribution in [0.4, 0.5) is 0 Å². The quantitative estimate of drug-likeness (QED) is 0.759. The molecule has 1 saturated heterocycles. The van der Waals surface area contributed by atoms with Gasteiger partial charge in [0.1, 0.15) is 12.4 Å². The molecule has 0 aliphatic carbocycles. The Morgan fingerprint density at radius 1 is 1.42 bits per heavy atom. The molecule has 1 fully saturated rings. The third-order valence-corrected chi connectivity index (χ3v) is 5.02. The van der Waals surface area contributed by atoms with Gasteiger partial charge in [-0.25, -0.2) is 0 Å². The summed E-state index contributed by atoms with van der Waals surface area (Å²) in [5.74, 6) is 0.790. The number of hydrogen-bond donors (Lipinski definition) is 1. The SMILES string of the molecule is CNC(=O)CCC1COCCN1C(C(=O)[S-])c1ccc2c(c1)C=CCO2. The number of ether oxygens (including phenoxy) is 2. The van der Waals surface area contributed by atoms with E-state index >= 15 is 0 Å². The van der Waals surface area contributed by atoms with Crippen LogP contribution in [0.1, 0.15) is 30.0 Å². The van der Waals surface area contributed by atoms with Gasteiger partial charge in [0.2, 0.25) is 5.91 Å². The molecule has 0 aromatic heterocycles. The maximum atomic E-state index is 12.4. The molecular weight excluding hydrogens is 352 g/mol. The summed E-state index contributed by atoms with van der Waals surface area (Å²) >= 11 is 5.08. The fourth-order valence-corrected chi connectivity index (χ4v) is 3.73. The van der Waals surface area contributed by atoms with Crippen LogP contribution in [0.2, 0.25) is 0 Å². The van der Waals surface area contributed by atoms with Gasteiger partial charge in [-0.15, -0.1) is 0 Å². The number of hydrogen-bond acceptors (Lipinski definition) is 6. The highest BCUT2D eigenvalue weighted by Crippen LogP contribution is 2.32. The number of fused-ring (bicyclic) bond motifs is 1. The van der Waals surface area contributed by atoms with Crippen molar-refractivity contribution in [2.45, 2.75) is 24.9 Å². The lowest BCUT2D eigenvalue weighted by molar-refractivity contribution is -0.122. The summed E-state index contributed by atoms with van der Waals surface area (Å²) in [6, 6.07) is 5.20. The molecule has 0 spiro atoms. The maximum absolute atomic E-state index is 12.4. The number of benzene rings is 1. The lowest BCUT2D eigenvalue weighted by Crippen LogP contribution is -2.49. The zero-order chi connectivity index (χ0) is 18.5. The molecule has 1 aromatic carbocycles. The minimum atomic E-state index is -0.524. The second kappa shape index (κ2) is 8.62. The summed E-state index contributed by atoms with van der Waals surface area (Å²) < 4.78 is 11.2. The number of amides is 1. The van der Waals surface area contributed by atoms with Crippen molar-refractivity contribution < 1.29 is 19.1 Å². The Balaban J connectivity index is 1.84. The van der Waals surface area contributed by atoms with Gasteiger partial charge in [0, 0.05) is 36.7 Å². The van der Waals surface area contributed by atoms with Gasteiger partial charge >= 0.3 is 0 Å². The average Bonchev–Trinajstić information content (AvgIpc) is 2.66. The van der Waals surface area contributed by atoms with E-state index in [4.69, 9.17) is 22.1 Å². The van der Waals surface area contributed by atoms with Crippen molar-refractivity contribution in [1.29, 1.82) is 0 Å². The second-order valence-corrected chi connectivity index (χ2v) is 6.81. The molecule has 2 aliphatic heterocycles. The molecular formula is C19H23N2O4S-. The van der Waals surface area contributed by atoms with E-state index in [1.807, 2.05) is 30.4 Å². The molecule has 2 unspecified atom stereocenters. The van der Waals surface area contributed by atoms with E-state index in [1.54, 1.807) is 7.05 Å². The standard InChI is InChI=1S/C19H24N2O4S/c1-20-17(22)7-5-15-12-24-10-8-21(15)18(19(23)26)14-4-6-16-13(11-14)3-2-9-25-16/h2-4,6,11,15,18H,5,7-10,12H2,1H3,(H,20,22)(H,23,26)/p-1. The summed E-state index contributed by atoms with van der Waals surface area (Å²) in [4.78, 5) is 26.1. The van der Waals surface area contributed by atoms with Crippen LogP contribution in [-0.2, 0) is 27.0 Å². The predicted octanol–water partition coefficient (Wildman–Crippen LogP) is 1.43. The zero-order valence-electron chi connectivity index (χ0n) is 14.8. The summed E-state index contributed by atoms with van der Waals surface area (Å²) in [6.07, 6.45) is 4.94. The topological polar surface area (TPSA) is 67.9 Å². The van der Waals surface area contributed by atoms with E-state index in [0.29, 0.717) is 39.2 Å². The Morgan fingerprint density at radius 2 is 2.27 bits per heavy atom. The Hall–Kier alpha value is -1.96. The largest absolute Gasteiger partial charge is 0.740 e. The third-order valence-electron chi connectivity index (χ3n) is 4.79. The van der Waals surface area contributed by atoms with Crippen LogP contribution in [-0.4, -0.2) is 55.4 Å². The Bertz CT molecular complexity index is 707. The first-order valence-corrected chi connectivity index (χ1v) is 9.19. The van der Waals surface area contributed by atoms with Crippen molar-refractivity contribution in [3.8, 4) is 5.75 Å². The van der Waals surface area contributed by atoms with Crippen LogP contribution in [0, 0.1) is 0 Å². The normalized spacial score (nSPS) is 20.7. The lowest BCUT2D eigenvalue weighted by Gasteiger charge is -2.42. The number of nitrogens with zero attached hydrogens (tertiary/aromatic N) is 1. The van der Waals surface area contributed by atoms with Crippen molar-refractivity contribution >= 4 is 29.7 Å². The molecule has 1 aromatic rings. The molecule has 0 radical (unpaired) electrons. The summed E-state index contributed by atoms with van der Waals surface area (Å²) in [6.45, 7) is 2.20. The van der Waals surface area contributed by atoms with Crippen molar-refractivity contribution in [1.82, 2.24) is 10.2 Å². The molecule has 2 heterocycles. The fourth-order valence-electron chi connectivity index (χ4n) is 3.45. The van der Waals surface area contributed by atoms with Crippen LogP contribution in [0.15, 0.2) is 24.3 Å². The van der Waals surface area contributed by atoms with Gasteiger partial charge in [-0.2, -0.15) is 0 Å². The monoisotopic (exact) mass is 375 g/mol. The fraction of sp³-hybridized carbons (Fsp3) is 0.474. The van der Waals surface area contributed by atoms with Gasteiger partial charge < -0.3 is 32.2 Å². The number of carbonyl (C=O) groups is 2. The van der Waals surface area contributed by atoms with Gasteiger partial charge in [-0.3, -0.25) is 9.69 Å². The third kappa shape index (κ3) is 4.23.